The Balaban J connectivity index is 1.47. The van der Waals surface area contributed by atoms with Crippen molar-refractivity contribution in [3.8, 4) is 0 Å². The fourth-order valence-corrected chi connectivity index (χ4v) is 5.05. The van der Waals surface area contributed by atoms with Crippen LogP contribution in [-0.4, -0.2) is 25.0 Å². The van der Waals surface area contributed by atoms with Gasteiger partial charge in [-0.25, -0.2) is 0 Å². The van der Waals surface area contributed by atoms with E-state index in [1.807, 2.05) is 12.1 Å². The highest BCUT2D eigenvalue weighted by Gasteiger charge is 2.40. The number of anilines is 2. The summed E-state index contributed by atoms with van der Waals surface area (Å²) in [4.78, 5) is 15.3. The minimum atomic E-state index is 0.131. The van der Waals surface area contributed by atoms with Crippen LogP contribution in [0.3, 0.4) is 0 Å². The predicted molar refractivity (Wildman–Crippen MR) is 98.0 cm³/mol. The first-order valence-corrected chi connectivity index (χ1v) is 9.63. The molecule has 4 heteroatoms. The normalized spacial score (nSPS) is 32.6. The topological polar surface area (TPSA) is 58.4 Å². The summed E-state index contributed by atoms with van der Waals surface area (Å²) >= 11 is 0. The van der Waals surface area contributed by atoms with Crippen molar-refractivity contribution in [2.24, 2.45) is 23.5 Å². The van der Waals surface area contributed by atoms with E-state index >= 15 is 0 Å². The molecule has 1 saturated heterocycles. The van der Waals surface area contributed by atoms with Gasteiger partial charge in [-0.15, -0.1) is 0 Å². The summed E-state index contributed by atoms with van der Waals surface area (Å²) in [6.45, 7) is 2.19. The Bertz CT molecular complexity index is 582. The third-order valence-corrected chi connectivity index (χ3v) is 6.39. The predicted octanol–water partition coefficient (Wildman–Crippen LogP) is 3.38. The van der Waals surface area contributed by atoms with Crippen LogP contribution in [-0.2, 0) is 4.79 Å². The molecule has 1 amide bonds. The molecule has 1 aromatic rings. The molecule has 3 fully saturated rings. The maximum Gasteiger partial charge on any atom is 0.227 e. The van der Waals surface area contributed by atoms with Gasteiger partial charge in [0, 0.05) is 25.0 Å². The zero-order valence-corrected chi connectivity index (χ0v) is 14.4. The zero-order valence-electron chi connectivity index (χ0n) is 14.4. The number of hydrogen-bond acceptors (Lipinski definition) is 3. The van der Waals surface area contributed by atoms with Gasteiger partial charge in [0.05, 0.1) is 11.4 Å². The van der Waals surface area contributed by atoms with Gasteiger partial charge in [0.15, 0.2) is 0 Å². The summed E-state index contributed by atoms with van der Waals surface area (Å²) in [6.07, 6.45) is 8.11. The molecular weight excluding hydrogens is 298 g/mol. The number of nitrogens with two attached hydrogens (primary N) is 1. The molecule has 0 radical (unpaired) electrons. The van der Waals surface area contributed by atoms with E-state index in [0.29, 0.717) is 17.9 Å². The van der Waals surface area contributed by atoms with Crippen molar-refractivity contribution < 1.29 is 4.79 Å². The monoisotopic (exact) mass is 327 g/mol. The van der Waals surface area contributed by atoms with Crippen LogP contribution >= 0.6 is 0 Å². The Morgan fingerprint density at radius 1 is 1.04 bits per heavy atom. The summed E-state index contributed by atoms with van der Waals surface area (Å²) in [5, 5.41) is 3.24. The molecule has 3 N–H and O–H groups in total. The Hall–Kier alpha value is -1.55. The van der Waals surface area contributed by atoms with Gasteiger partial charge in [0.2, 0.25) is 5.91 Å². The summed E-state index contributed by atoms with van der Waals surface area (Å²) < 4.78 is 0. The second-order valence-electron chi connectivity index (χ2n) is 7.90. The van der Waals surface area contributed by atoms with E-state index in [-0.39, 0.29) is 11.8 Å². The van der Waals surface area contributed by atoms with Gasteiger partial charge in [-0.05, 0) is 62.5 Å². The lowest BCUT2D eigenvalue weighted by Gasteiger charge is -2.43. The van der Waals surface area contributed by atoms with E-state index < -0.39 is 0 Å². The van der Waals surface area contributed by atoms with Gasteiger partial charge < -0.3 is 16.0 Å². The maximum atomic E-state index is 12.9. The molecule has 2 atom stereocenters. The van der Waals surface area contributed by atoms with E-state index in [1.165, 1.54) is 37.8 Å². The Labute approximate surface area is 144 Å². The van der Waals surface area contributed by atoms with E-state index in [0.717, 1.165) is 31.6 Å². The number of para-hydroxylation sites is 2. The first-order valence-electron chi connectivity index (χ1n) is 9.63. The molecule has 4 nitrogen and oxygen atoms in total. The summed E-state index contributed by atoms with van der Waals surface area (Å²) in [5.74, 6) is 1.42. The van der Waals surface area contributed by atoms with Crippen LogP contribution in [0.15, 0.2) is 24.3 Å². The lowest BCUT2D eigenvalue weighted by atomic mass is 9.65. The third kappa shape index (κ3) is 3.04. The molecule has 1 heterocycles. The third-order valence-electron chi connectivity index (χ3n) is 6.39. The number of rotatable bonds is 3. The molecule has 1 aromatic carbocycles. The fraction of sp³-hybridized carbons (Fsp3) is 0.650. The standard InChI is InChI=1S/C20H29N3O/c21-19-14-6-5-7-15(19)13-16(12-14)20(24)22-17-8-1-2-9-18(17)23-10-3-4-11-23/h1-2,8-9,14-16,19H,3-7,10-13,21H2,(H,22,24). The number of nitrogens with zero attached hydrogens (tertiary/aromatic N) is 1. The highest BCUT2D eigenvalue weighted by Crippen LogP contribution is 2.42. The van der Waals surface area contributed by atoms with Gasteiger partial charge in [0.1, 0.15) is 0 Å². The first-order chi connectivity index (χ1) is 11.7. The summed E-state index contributed by atoms with van der Waals surface area (Å²) in [7, 11) is 0. The van der Waals surface area contributed by atoms with Crippen LogP contribution in [0.4, 0.5) is 11.4 Å². The average molecular weight is 327 g/mol. The molecule has 4 rings (SSSR count). The van der Waals surface area contributed by atoms with Crippen molar-refractivity contribution in [3.63, 3.8) is 0 Å². The highest BCUT2D eigenvalue weighted by atomic mass is 16.1. The Kier molecular flexibility index (Phi) is 4.49. The number of carbonyl (C=O) groups is 1. The molecule has 0 spiro atoms. The molecule has 24 heavy (non-hydrogen) atoms. The second-order valence-corrected chi connectivity index (χ2v) is 7.90. The molecule has 1 aliphatic heterocycles. The smallest absolute Gasteiger partial charge is 0.227 e. The minimum absolute atomic E-state index is 0.131. The molecule has 2 bridgehead atoms. The van der Waals surface area contributed by atoms with Crippen LogP contribution in [0.2, 0.25) is 0 Å². The zero-order chi connectivity index (χ0) is 16.5. The number of amides is 1. The Morgan fingerprint density at radius 3 is 2.42 bits per heavy atom. The van der Waals surface area contributed by atoms with E-state index in [9.17, 15) is 4.79 Å². The van der Waals surface area contributed by atoms with E-state index in [1.54, 1.807) is 0 Å². The van der Waals surface area contributed by atoms with Crippen molar-refractivity contribution in [2.75, 3.05) is 23.3 Å². The van der Waals surface area contributed by atoms with Crippen molar-refractivity contribution in [2.45, 2.75) is 51.0 Å². The number of nitrogens with one attached hydrogen (secondary N) is 1. The lowest BCUT2D eigenvalue weighted by molar-refractivity contribution is -0.122. The second kappa shape index (κ2) is 6.75. The molecule has 2 unspecified atom stereocenters. The van der Waals surface area contributed by atoms with Gasteiger partial charge in [-0.1, -0.05) is 18.6 Å². The number of carbonyl (C=O) groups excluding carboxylic acids is 1. The molecule has 0 aromatic heterocycles. The van der Waals surface area contributed by atoms with Crippen LogP contribution in [0, 0.1) is 17.8 Å². The van der Waals surface area contributed by atoms with Gasteiger partial charge in [-0.2, -0.15) is 0 Å². The summed E-state index contributed by atoms with van der Waals surface area (Å²) in [5.41, 5.74) is 8.52. The minimum Gasteiger partial charge on any atom is -0.370 e. The fourth-order valence-electron chi connectivity index (χ4n) is 5.05. The van der Waals surface area contributed by atoms with Gasteiger partial charge in [0.25, 0.3) is 0 Å². The summed E-state index contributed by atoms with van der Waals surface area (Å²) in [6, 6.07) is 8.57. The molecule has 2 aliphatic carbocycles. The van der Waals surface area contributed by atoms with Crippen molar-refractivity contribution in [1.82, 2.24) is 0 Å². The van der Waals surface area contributed by atoms with E-state index in [2.05, 4.69) is 22.3 Å². The van der Waals surface area contributed by atoms with Crippen LogP contribution in [0.25, 0.3) is 0 Å². The Morgan fingerprint density at radius 2 is 1.71 bits per heavy atom. The number of hydrogen-bond donors (Lipinski definition) is 2. The molecule has 2 saturated carbocycles. The van der Waals surface area contributed by atoms with Crippen molar-refractivity contribution in [1.29, 1.82) is 0 Å². The van der Waals surface area contributed by atoms with Gasteiger partial charge in [-0.3, -0.25) is 4.79 Å². The SMILES string of the molecule is NC1C2CCCC1CC(C(=O)Nc1ccccc1N1CCCC1)C2. The molecular formula is C20H29N3O. The molecule has 3 aliphatic rings. The van der Waals surface area contributed by atoms with Crippen molar-refractivity contribution in [3.05, 3.63) is 24.3 Å². The van der Waals surface area contributed by atoms with Gasteiger partial charge >= 0.3 is 0 Å². The van der Waals surface area contributed by atoms with Crippen LogP contribution in [0.5, 0.6) is 0 Å². The largest absolute Gasteiger partial charge is 0.370 e. The highest BCUT2D eigenvalue weighted by molar-refractivity contribution is 5.96. The van der Waals surface area contributed by atoms with Crippen molar-refractivity contribution >= 4 is 17.3 Å². The average Bonchev–Trinajstić information content (AvgIpc) is 3.09. The first kappa shape index (κ1) is 15.9. The quantitative estimate of drug-likeness (QED) is 0.895. The molecule has 130 valence electrons. The lowest BCUT2D eigenvalue weighted by Crippen LogP contribution is -2.48. The number of fused-ring (bicyclic) bond motifs is 2. The van der Waals surface area contributed by atoms with E-state index in [4.69, 9.17) is 5.73 Å². The number of benzene rings is 1. The maximum absolute atomic E-state index is 12.9. The van der Waals surface area contributed by atoms with Crippen LogP contribution < -0.4 is 16.0 Å². The van der Waals surface area contributed by atoms with Crippen LogP contribution in [0.1, 0.15) is 44.9 Å².